The molecule has 1 aromatic rings. The molecule has 1 saturated carbocycles. The number of ether oxygens (including phenoxy) is 1. The van der Waals surface area contributed by atoms with Gasteiger partial charge in [-0.05, 0) is 44.0 Å². The monoisotopic (exact) mass is 352 g/mol. The van der Waals surface area contributed by atoms with Crippen molar-refractivity contribution in [1.29, 1.82) is 0 Å². The van der Waals surface area contributed by atoms with E-state index in [2.05, 4.69) is 10.6 Å². The Kier molecular flexibility index (Phi) is 6.61. The van der Waals surface area contributed by atoms with E-state index in [0.29, 0.717) is 10.6 Å². The van der Waals surface area contributed by atoms with Gasteiger partial charge in [0.2, 0.25) is 0 Å². The molecule has 0 radical (unpaired) electrons. The predicted octanol–water partition coefficient (Wildman–Crippen LogP) is 2.06. The Morgan fingerprint density at radius 1 is 1.21 bits per heavy atom. The first kappa shape index (κ1) is 18.3. The molecule has 0 heterocycles. The van der Waals surface area contributed by atoms with E-state index in [1.165, 1.54) is 6.92 Å². The summed E-state index contributed by atoms with van der Waals surface area (Å²) >= 11 is 5.75. The first-order valence-corrected chi connectivity index (χ1v) is 8.37. The lowest BCUT2D eigenvalue weighted by Gasteiger charge is -2.17. The predicted molar refractivity (Wildman–Crippen MR) is 89.7 cm³/mol. The van der Waals surface area contributed by atoms with Crippen LogP contribution in [0.25, 0.3) is 0 Å². The first-order valence-electron chi connectivity index (χ1n) is 7.99. The van der Waals surface area contributed by atoms with Gasteiger partial charge in [-0.15, -0.1) is 0 Å². The molecule has 7 heteroatoms. The third kappa shape index (κ3) is 5.53. The molecule has 1 aromatic carbocycles. The molecule has 2 N–H and O–H groups in total. The molecule has 0 unspecified atom stereocenters. The van der Waals surface area contributed by atoms with Crippen LogP contribution in [0.5, 0.6) is 0 Å². The van der Waals surface area contributed by atoms with Crippen LogP contribution in [0.3, 0.4) is 0 Å². The lowest BCUT2D eigenvalue weighted by atomic mass is 10.2. The van der Waals surface area contributed by atoms with Crippen LogP contribution in [0.1, 0.15) is 43.0 Å². The number of halogens is 1. The zero-order valence-electron chi connectivity index (χ0n) is 13.5. The number of carbonyl (C=O) groups excluding carboxylic acids is 3. The normalized spacial score (nSPS) is 15.6. The Hall–Kier alpha value is -2.08. The standard InChI is InChI=1S/C17H21ClN2O4/c1-11(16(22)20-14-4-2-3-5-14)24-15(21)10-19-17(23)12-6-8-13(18)9-7-12/h6-9,11,14H,2-5,10H2,1H3,(H,19,23)(H,20,22)/t11-/m0/s1. The topological polar surface area (TPSA) is 84.5 Å². The molecule has 2 rings (SSSR count). The molecule has 2 amide bonds. The summed E-state index contributed by atoms with van der Waals surface area (Å²) in [5.74, 6) is -1.38. The van der Waals surface area contributed by atoms with Crippen molar-refractivity contribution in [1.82, 2.24) is 10.6 Å². The number of hydrogen-bond acceptors (Lipinski definition) is 4. The van der Waals surface area contributed by atoms with Gasteiger partial charge in [-0.3, -0.25) is 14.4 Å². The summed E-state index contributed by atoms with van der Waals surface area (Å²) in [5, 5.41) is 5.83. The van der Waals surface area contributed by atoms with Crippen LogP contribution in [0.4, 0.5) is 0 Å². The smallest absolute Gasteiger partial charge is 0.326 e. The molecule has 0 aliphatic heterocycles. The van der Waals surface area contributed by atoms with Gasteiger partial charge in [0, 0.05) is 16.6 Å². The molecule has 1 aliphatic rings. The van der Waals surface area contributed by atoms with Crippen LogP contribution in [-0.2, 0) is 14.3 Å². The number of carbonyl (C=O) groups is 3. The van der Waals surface area contributed by atoms with Crippen molar-refractivity contribution in [3.63, 3.8) is 0 Å². The van der Waals surface area contributed by atoms with Crippen LogP contribution < -0.4 is 10.6 Å². The van der Waals surface area contributed by atoms with E-state index in [9.17, 15) is 14.4 Å². The highest BCUT2D eigenvalue weighted by Crippen LogP contribution is 2.17. The Labute approximate surface area is 145 Å². The molecule has 0 aromatic heterocycles. The van der Waals surface area contributed by atoms with E-state index in [4.69, 9.17) is 16.3 Å². The fourth-order valence-electron chi connectivity index (χ4n) is 2.54. The second-order valence-electron chi connectivity index (χ2n) is 5.81. The van der Waals surface area contributed by atoms with Gasteiger partial charge in [0.05, 0.1) is 0 Å². The van der Waals surface area contributed by atoms with Crippen molar-refractivity contribution in [2.75, 3.05) is 6.54 Å². The summed E-state index contributed by atoms with van der Waals surface area (Å²) in [4.78, 5) is 35.6. The highest BCUT2D eigenvalue weighted by atomic mass is 35.5. The van der Waals surface area contributed by atoms with E-state index in [0.717, 1.165) is 25.7 Å². The van der Waals surface area contributed by atoms with Crippen LogP contribution >= 0.6 is 11.6 Å². The summed E-state index contributed by atoms with van der Waals surface area (Å²) in [6.07, 6.45) is 3.25. The van der Waals surface area contributed by atoms with E-state index < -0.39 is 18.0 Å². The summed E-state index contributed by atoms with van der Waals surface area (Å²) < 4.78 is 5.04. The Balaban J connectivity index is 1.72. The van der Waals surface area contributed by atoms with Gasteiger partial charge in [-0.1, -0.05) is 24.4 Å². The molecule has 130 valence electrons. The van der Waals surface area contributed by atoms with Crippen molar-refractivity contribution < 1.29 is 19.1 Å². The molecule has 24 heavy (non-hydrogen) atoms. The average Bonchev–Trinajstić information content (AvgIpc) is 3.06. The van der Waals surface area contributed by atoms with E-state index >= 15 is 0 Å². The number of esters is 1. The van der Waals surface area contributed by atoms with Crippen molar-refractivity contribution in [3.8, 4) is 0 Å². The van der Waals surface area contributed by atoms with E-state index in [-0.39, 0.29) is 18.5 Å². The fourth-order valence-corrected chi connectivity index (χ4v) is 2.66. The number of nitrogens with one attached hydrogen (secondary N) is 2. The number of amides is 2. The number of rotatable bonds is 6. The lowest BCUT2D eigenvalue weighted by Crippen LogP contribution is -2.42. The van der Waals surface area contributed by atoms with Gasteiger partial charge in [0.1, 0.15) is 6.54 Å². The maximum absolute atomic E-state index is 11.9. The largest absolute Gasteiger partial charge is 0.451 e. The second kappa shape index (κ2) is 8.68. The van der Waals surface area contributed by atoms with Crippen LogP contribution in [0.2, 0.25) is 5.02 Å². The molecular weight excluding hydrogens is 332 g/mol. The van der Waals surface area contributed by atoms with Crippen molar-refractivity contribution in [2.45, 2.75) is 44.8 Å². The molecule has 0 bridgehead atoms. The molecule has 6 nitrogen and oxygen atoms in total. The maximum atomic E-state index is 11.9. The average molecular weight is 353 g/mol. The van der Waals surface area contributed by atoms with Gasteiger partial charge < -0.3 is 15.4 Å². The fraction of sp³-hybridized carbons (Fsp3) is 0.471. The first-order chi connectivity index (χ1) is 11.5. The van der Waals surface area contributed by atoms with Gasteiger partial charge in [0.25, 0.3) is 11.8 Å². The molecule has 1 fully saturated rings. The van der Waals surface area contributed by atoms with Crippen LogP contribution in [-0.4, -0.2) is 36.5 Å². The van der Waals surface area contributed by atoms with Crippen molar-refractivity contribution in [3.05, 3.63) is 34.9 Å². The molecular formula is C17H21ClN2O4. The minimum absolute atomic E-state index is 0.170. The zero-order chi connectivity index (χ0) is 17.5. The Bertz CT molecular complexity index is 597. The van der Waals surface area contributed by atoms with Gasteiger partial charge >= 0.3 is 5.97 Å². The van der Waals surface area contributed by atoms with E-state index in [1.54, 1.807) is 24.3 Å². The number of benzene rings is 1. The quantitative estimate of drug-likeness (QED) is 0.767. The van der Waals surface area contributed by atoms with Gasteiger partial charge in [0.15, 0.2) is 6.10 Å². The molecule has 0 saturated heterocycles. The van der Waals surface area contributed by atoms with Gasteiger partial charge in [-0.25, -0.2) is 0 Å². The summed E-state index contributed by atoms with van der Waals surface area (Å²) in [5.41, 5.74) is 0.388. The Morgan fingerprint density at radius 3 is 2.46 bits per heavy atom. The van der Waals surface area contributed by atoms with Crippen LogP contribution in [0, 0.1) is 0 Å². The SMILES string of the molecule is C[C@H](OC(=O)CNC(=O)c1ccc(Cl)cc1)C(=O)NC1CCCC1. The molecule has 0 spiro atoms. The third-order valence-corrected chi connectivity index (χ3v) is 4.13. The summed E-state index contributed by atoms with van der Waals surface area (Å²) in [7, 11) is 0. The maximum Gasteiger partial charge on any atom is 0.326 e. The van der Waals surface area contributed by atoms with Crippen molar-refractivity contribution >= 4 is 29.4 Å². The van der Waals surface area contributed by atoms with Crippen LogP contribution in [0.15, 0.2) is 24.3 Å². The minimum atomic E-state index is -0.884. The van der Waals surface area contributed by atoms with Gasteiger partial charge in [-0.2, -0.15) is 0 Å². The minimum Gasteiger partial charge on any atom is -0.451 e. The summed E-state index contributed by atoms with van der Waals surface area (Å²) in [6, 6.07) is 6.46. The highest BCUT2D eigenvalue weighted by molar-refractivity contribution is 6.30. The lowest BCUT2D eigenvalue weighted by molar-refractivity contribution is -0.154. The van der Waals surface area contributed by atoms with E-state index in [1.807, 2.05) is 0 Å². The summed E-state index contributed by atoms with van der Waals surface area (Å²) in [6.45, 7) is 1.21. The molecule has 1 atom stereocenters. The highest BCUT2D eigenvalue weighted by Gasteiger charge is 2.23. The third-order valence-electron chi connectivity index (χ3n) is 3.88. The molecule has 1 aliphatic carbocycles. The number of hydrogen-bond donors (Lipinski definition) is 2. The van der Waals surface area contributed by atoms with Crippen molar-refractivity contribution in [2.24, 2.45) is 0 Å². The second-order valence-corrected chi connectivity index (χ2v) is 6.25. The zero-order valence-corrected chi connectivity index (χ0v) is 14.3. The Morgan fingerprint density at radius 2 is 1.83 bits per heavy atom.